The van der Waals surface area contributed by atoms with Gasteiger partial charge in [0.2, 0.25) is 5.91 Å². The predicted octanol–water partition coefficient (Wildman–Crippen LogP) is 2.67. The number of rotatable bonds is 13. The van der Waals surface area contributed by atoms with Gasteiger partial charge in [-0.1, -0.05) is 40.5 Å². The minimum absolute atomic E-state index is 0.138. The van der Waals surface area contributed by atoms with Gasteiger partial charge < -0.3 is 16.4 Å². The van der Waals surface area contributed by atoms with E-state index < -0.39 is 0 Å². The van der Waals surface area contributed by atoms with Crippen LogP contribution in [0, 0.1) is 11.8 Å². The quantitative estimate of drug-likeness (QED) is 0.458. The number of hydrogen-bond donors (Lipinski definition) is 3. The first-order chi connectivity index (χ1) is 9.99. The Morgan fingerprint density at radius 3 is 2.19 bits per heavy atom. The molecular formula is C17H37N3O. The highest BCUT2D eigenvalue weighted by Crippen LogP contribution is 2.18. The van der Waals surface area contributed by atoms with E-state index in [4.69, 9.17) is 5.73 Å². The fourth-order valence-corrected chi connectivity index (χ4v) is 2.44. The van der Waals surface area contributed by atoms with Gasteiger partial charge in [0.15, 0.2) is 0 Å². The normalized spacial score (nSPS) is 12.9. The van der Waals surface area contributed by atoms with Crippen molar-refractivity contribution in [3.05, 3.63) is 0 Å². The molecule has 0 radical (unpaired) electrons. The molecule has 0 aliphatic carbocycles. The molecular weight excluding hydrogens is 262 g/mol. The third-order valence-corrected chi connectivity index (χ3v) is 3.82. The van der Waals surface area contributed by atoms with Gasteiger partial charge >= 0.3 is 0 Å². The van der Waals surface area contributed by atoms with E-state index in [9.17, 15) is 4.79 Å². The topological polar surface area (TPSA) is 67.1 Å². The lowest BCUT2D eigenvalue weighted by atomic mass is 9.89. The summed E-state index contributed by atoms with van der Waals surface area (Å²) in [5.74, 6) is 0.763. The van der Waals surface area contributed by atoms with Crippen LogP contribution in [-0.4, -0.2) is 31.6 Å². The molecule has 21 heavy (non-hydrogen) atoms. The van der Waals surface area contributed by atoms with Gasteiger partial charge in [-0.2, -0.15) is 0 Å². The summed E-state index contributed by atoms with van der Waals surface area (Å²) in [6.07, 6.45) is 6.43. The Kier molecular flexibility index (Phi) is 12.7. The lowest BCUT2D eigenvalue weighted by Gasteiger charge is -2.20. The summed E-state index contributed by atoms with van der Waals surface area (Å²) in [5.41, 5.74) is 5.52. The number of carbonyl (C=O) groups excluding carboxylic acids is 1. The summed E-state index contributed by atoms with van der Waals surface area (Å²) in [6, 6.07) is 0.560. The third-order valence-electron chi connectivity index (χ3n) is 3.82. The summed E-state index contributed by atoms with van der Waals surface area (Å²) in [5, 5.41) is 6.51. The molecule has 0 bridgehead atoms. The van der Waals surface area contributed by atoms with Crippen LogP contribution in [0.25, 0.3) is 0 Å². The molecule has 0 fully saturated rings. The molecule has 0 spiro atoms. The summed E-state index contributed by atoms with van der Waals surface area (Å²) in [6.45, 7) is 11.2. The number of nitrogens with one attached hydrogen (secondary N) is 2. The molecule has 0 aromatic rings. The van der Waals surface area contributed by atoms with Crippen LogP contribution in [0.1, 0.15) is 66.2 Å². The Labute approximate surface area is 131 Å². The van der Waals surface area contributed by atoms with Crippen molar-refractivity contribution in [2.75, 3.05) is 19.6 Å². The van der Waals surface area contributed by atoms with E-state index in [1.165, 1.54) is 12.8 Å². The van der Waals surface area contributed by atoms with Gasteiger partial charge in [0, 0.05) is 18.5 Å². The number of nitrogens with two attached hydrogens (primary N) is 1. The Balaban J connectivity index is 3.73. The summed E-state index contributed by atoms with van der Waals surface area (Å²) >= 11 is 0. The van der Waals surface area contributed by atoms with Gasteiger partial charge in [-0.15, -0.1) is 0 Å². The van der Waals surface area contributed by atoms with Crippen LogP contribution >= 0.6 is 0 Å². The minimum Gasteiger partial charge on any atom is -0.356 e. The van der Waals surface area contributed by atoms with E-state index in [2.05, 4.69) is 38.3 Å². The lowest BCUT2D eigenvalue weighted by molar-refractivity contribution is -0.126. The first-order valence-corrected chi connectivity index (χ1v) is 8.70. The average molecular weight is 300 g/mol. The average Bonchev–Trinajstić information content (AvgIpc) is 2.41. The molecule has 0 aliphatic rings. The molecule has 0 rings (SSSR count). The first kappa shape index (κ1) is 20.4. The Bertz CT molecular complexity index is 254. The van der Waals surface area contributed by atoms with Crippen LogP contribution in [0.3, 0.4) is 0 Å². The van der Waals surface area contributed by atoms with E-state index in [0.29, 0.717) is 12.0 Å². The molecule has 4 N–H and O–H groups in total. The molecule has 0 aromatic carbocycles. The molecule has 126 valence electrons. The van der Waals surface area contributed by atoms with Gasteiger partial charge in [-0.25, -0.2) is 0 Å². The van der Waals surface area contributed by atoms with Gasteiger partial charge in [-0.05, 0) is 44.7 Å². The molecule has 0 aromatic heterocycles. The van der Waals surface area contributed by atoms with Crippen LogP contribution in [0.4, 0.5) is 0 Å². The zero-order valence-corrected chi connectivity index (χ0v) is 14.6. The molecule has 4 nitrogen and oxygen atoms in total. The fourth-order valence-electron chi connectivity index (χ4n) is 2.44. The van der Waals surface area contributed by atoms with Crippen molar-refractivity contribution in [3.8, 4) is 0 Å². The van der Waals surface area contributed by atoms with Crippen molar-refractivity contribution in [3.63, 3.8) is 0 Å². The largest absolute Gasteiger partial charge is 0.356 e. The van der Waals surface area contributed by atoms with Crippen molar-refractivity contribution in [2.45, 2.75) is 72.3 Å². The highest BCUT2D eigenvalue weighted by atomic mass is 16.1. The number of hydrogen-bond acceptors (Lipinski definition) is 3. The fraction of sp³-hybridized carbons (Fsp3) is 0.941. The maximum atomic E-state index is 12.2. The summed E-state index contributed by atoms with van der Waals surface area (Å²) < 4.78 is 0. The van der Waals surface area contributed by atoms with Crippen LogP contribution in [0.2, 0.25) is 0 Å². The van der Waals surface area contributed by atoms with Gasteiger partial charge in [0.1, 0.15) is 0 Å². The van der Waals surface area contributed by atoms with Gasteiger partial charge in [-0.3, -0.25) is 4.79 Å². The zero-order chi connectivity index (χ0) is 16.1. The maximum absolute atomic E-state index is 12.2. The van der Waals surface area contributed by atoms with E-state index in [1.54, 1.807) is 0 Å². The highest BCUT2D eigenvalue weighted by Gasteiger charge is 2.20. The van der Waals surface area contributed by atoms with E-state index in [0.717, 1.165) is 45.3 Å². The molecule has 0 saturated carbocycles. The van der Waals surface area contributed by atoms with Crippen molar-refractivity contribution < 1.29 is 4.79 Å². The second-order valence-electron chi connectivity index (χ2n) is 6.60. The van der Waals surface area contributed by atoms with Crippen LogP contribution in [0.5, 0.6) is 0 Å². The molecule has 0 heterocycles. The van der Waals surface area contributed by atoms with Gasteiger partial charge in [0.25, 0.3) is 0 Å². The predicted molar refractivity (Wildman–Crippen MR) is 91.2 cm³/mol. The summed E-state index contributed by atoms with van der Waals surface area (Å²) in [7, 11) is 0. The first-order valence-electron chi connectivity index (χ1n) is 8.70. The second-order valence-corrected chi connectivity index (χ2v) is 6.60. The lowest BCUT2D eigenvalue weighted by Crippen LogP contribution is -2.34. The molecule has 0 saturated heterocycles. The smallest absolute Gasteiger partial charge is 0.223 e. The monoisotopic (exact) mass is 299 g/mol. The van der Waals surface area contributed by atoms with E-state index in [-0.39, 0.29) is 11.8 Å². The Hall–Kier alpha value is -0.610. The van der Waals surface area contributed by atoms with Crippen molar-refractivity contribution in [1.82, 2.24) is 10.6 Å². The number of amides is 1. The molecule has 4 heteroatoms. The Morgan fingerprint density at radius 1 is 0.952 bits per heavy atom. The van der Waals surface area contributed by atoms with Crippen LogP contribution in [0.15, 0.2) is 0 Å². The van der Waals surface area contributed by atoms with Crippen molar-refractivity contribution in [2.24, 2.45) is 17.6 Å². The number of unbranched alkanes of at least 4 members (excludes halogenated alkanes) is 3. The van der Waals surface area contributed by atoms with Gasteiger partial charge in [0.05, 0.1) is 0 Å². The van der Waals surface area contributed by atoms with E-state index >= 15 is 0 Å². The minimum atomic E-state index is 0.138. The standard InChI is InChI=1S/C17H37N3O/c1-14(2)16(10-6-7-11-18)17(21)20-13-9-5-8-12-19-15(3)4/h14-16,19H,5-13,18H2,1-4H3,(H,20,21)/t16-/m0/s1. The molecule has 1 atom stereocenters. The number of carbonyl (C=O) groups is 1. The highest BCUT2D eigenvalue weighted by molar-refractivity contribution is 5.78. The second kappa shape index (κ2) is 13.1. The molecule has 0 aliphatic heterocycles. The SMILES string of the molecule is CC(C)NCCCCCNC(=O)[C@@H](CCCCN)C(C)C. The summed E-state index contributed by atoms with van der Waals surface area (Å²) in [4.78, 5) is 12.2. The van der Waals surface area contributed by atoms with E-state index in [1.807, 2.05) is 0 Å². The Morgan fingerprint density at radius 2 is 1.62 bits per heavy atom. The molecule has 0 unspecified atom stereocenters. The zero-order valence-electron chi connectivity index (χ0n) is 14.6. The van der Waals surface area contributed by atoms with Crippen LogP contribution in [-0.2, 0) is 4.79 Å². The van der Waals surface area contributed by atoms with Crippen molar-refractivity contribution in [1.29, 1.82) is 0 Å². The van der Waals surface area contributed by atoms with Crippen molar-refractivity contribution >= 4 is 5.91 Å². The maximum Gasteiger partial charge on any atom is 0.223 e. The van der Waals surface area contributed by atoms with Crippen LogP contribution < -0.4 is 16.4 Å². The third kappa shape index (κ3) is 11.7. The molecule has 1 amide bonds.